The third kappa shape index (κ3) is 5.18. The molecule has 0 bridgehead atoms. The van der Waals surface area contributed by atoms with E-state index >= 15 is 0 Å². The van der Waals surface area contributed by atoms with Crippen LogP contribution in [0.2, 0.25) is 0 Å². The zero-order valence-corrected chi connectivity index (χ0v) is 19.6. The minimum atomic E-state index is 0.656. The van der Waals surface area contributed by atoms with Crippen molar-refractivity contribution in [3.63, 3.8) is 0 Å². The summed E-state index contributed by atoms with van der Waals surface area (Å²) in [6.45, 7) is 1.56. The monoisotopic (exact) mass is 453 g/mol. The summed E-state index contributed by atoms with van der Waals surface area (Å²) >= 11 is 0. The van der Waals surface area contributed by atoms with Gasteiger partial charge in [-0.1, -0.05) is 37.5 Å². The average molecular weight is 454 g/mol. The molecule has 1 aliphatic rings. The highest BCUT2D eigenvalue weighted by Crippen LogP contribution is 2.30. The zero-order chi connectivity index (χ0) is 23.2. The molecule has 0 atom stereocenters. The molecule has 174 valence electrons. The van der Waals surface area contributed by atoms with Gasteiger partial charge in [-0.25, -0.2) is 9.97 Å². The van der Waals surface area contributed by atoms with Gasteiger partial charge >= 0.3 is 0 Å². The Hall–Kier alpha value is -3.51. The van der Waals surface area contributed by atoms with Gasteiger partial charge in [-0.3, -0.25) is 4.98 Å². The normalized spacial score (nSPS) is 14.3. The van der Waals surface area contributed by atoms with Gasteiger partial charge in [-0.05, 0) is 60.4 Å². The molecule has 6 heteroatoms. The molecule has 2 aromatic carbocycles. The third-order valence-corrected chi connectivity index (χ3v) is 6.43. The van der Waals surface area contributed by atoms with E-state index in [4.69, 9.17) is 14.7 Å². The number of ether oxygens (including phenoxy) is 1. The number of pyridine rings is 1. The smallest absolute Gasteiger partial charge is 0.163 e. The third-order valence-electron chi connectivity index (χ3n) is 6.43. The summed E-state index contributed by atoms with van der Waals surface area (Å²) in [6, 6.07) is 19.1. The second-order valence-corrected chi connectivity index (χ2v) is 8.78. The highest BCUT2D eigenvalue weighted by molar-refractivity contribution is 5.94. The molecule has 0 radical (unpaired) electrons. The molecule has 5 rings (SSSR count). The molecule has 1 saturated carbocycles. The molecule has 0 spiro atoms. The molecule has 1 aliphatic carbocycles. The quantitative estimate of drug-likeness (QED) is 0.333. The molecule has 0 unspecified atom stereocenters. The Labute approximate surface area is 200 Å². The number of nitrogens with one attached hydrogen (secondary N) is 2. The molecule has 6 nitrogen and oxygen atoms in total. The zero-order valence-electron chi connectivity index (χ0n) is 19.6. The van der Waals surface area contributed by atoms with Gasteiger partial charge in [0.05, 0.1) is 5.52 Å². The Kier molecular flexibility index (Phi) is 6.96. The summed E-state index contributed by atoms with van der Waals surface area (Å²) in [4.78, 5) is 13.7. The van der Waals surface area contributed by atoms with Gasteiger partial charge in [0.2, 0.25) is 0 Å². The molecule has 2 N–H and O–H groups in total. The first kappa shape index (κ1) is 22.3. The largest absolute Gasteiger partial charge is 0.492 e. The van der Waals surface area contributed by atoms with Crippen molar-refractivity contribution in [3.8, 4) is 28.3 Å². The van der Waals surface area contributed by atoms with Crippen molar-refractivity contribution >= 4 is 16.7 Å². The summed E-state index contributed by atoms with van der Waals surface area (Å²) in [6.07, 6.45) is 10.2. The number of hydrogen-bond acceptors (Lipinski definition) is 6. The lowest BCUT2D eigenvalue weighted by Gasteiger charge is -2.22. The number of hydrogen-bond donors (Lipinski definition) is 2. The minimum absolute atomic E-state index is 0.656. The molecule has 0 saturated heterocycles. The molecular formula is C28H31N5O. The van der Waals surface area contributed by atoms with Gasteiger partial charge in [-0.15, -0.1) is 0 Å². The Bertz CT molecular complexity index is 1240. The fourth-order valence-corrected chi connectivity index (χ4v) is 4.63. The molecule has 2 aromatic heterocycles. The van der Waals surface area contributed by atoms with E-state index in [9.17, 15) is 0 Å². The van der Waals surface area contributed by atoms with Gasteiger partial charge in [0.1, 0.15) is 18.2 Å². The highest BCUT2D eigenvalue weighted by atomic mass is 16.5. The minimum Gasteiger partial charge on any atom is -0.492 e. The van der Waals surface area contributed by atoms with E-state index in [2.05, 4.69) is 45.9 Å². The van der Waals surface area contributed by atoms with E-state index in [-0.39, 0.29) is 0 Å². The van der Waals surface area contributed by atoms with E-state index in [1.165, 1.54) is 32.1 Å². The van der Waals surface area contributed by atoms with Crippen LogP contribution in [0.5, 0.6) is 5.75 Å². The molecule has 4 aromatic rings. The van der Waals surface area contributed by atoms with Crippen molar-refractivity contribution in [2.75, 3.05) is 25.5 Å². The van der Waals surface area contributed by atoms with Crippen molar-refractivity contribution in [2.24, 2.45) is 0 Å². The topological polar surface area (TPSA) is 72.0 Å². The summed E-state index contributed by atoms with van der Waals surface area (Å²) in [7, 11) is 1.89. The number of anilines is 1. The van der Waals surface area contributed by atoms with Crippen LogP contribution in [0.15, 0.2) is 67.0 Å². The number of aromatic nitrogens is 3. The number of fused-ring (bicyclic) bond motifs is 1. The Balaban J connectivity index is 1.32. The van der Waals surface area contributed by atoms with Crippen molar-refractivity contribution in [3.05, 3.63) is 67.0 Å². The predicted octanol–water partition coefficient (Wildman–Crippen LogP) is 5.70. The van der Waals surface area contributed by atoms with Crippen molar-refractivity contribution < 1.29 is 4.74 Å². The van der Waals surface area contributed by atoms with E-state index < -0.39 is 0 Å². The van der Waals surface area contributed by atoms with E-state index in [0.29, 0.717) is 18.5 Å². The lowest BCUT2D eigenvalue weighted by atomic mass is 9.96. The van der Waals surface area contributed by atoms with E-state index in [0.717, 1.165) is 45.7 Å². The van der Waals surface area contributed by atoms with Crippen LogP contribution in [0.3, 0.4) is 0 Å². The lowest BCUT2D eigenvalue weighted by molar-refractivity contribution is 0.289. The maximum atomic E-state index is 6.05. The van der Waals surface area contributed by atoms with E-state index in [1.807, 2.05) is 31.3 Å². The van der Waals surface area contributed by atoms with Crippen LogP contribution in [0.1, 0.15) is 32.1 Å². The summed E-state index contributed by atoms with van der Waals surface area (Å²) in [5, 5.41) is 7.85. The Morgan fingerprint density at radius 3 is 2.59 bits per heavy atom. The van der Waals surface area contributed by atoms with Crippen molar-refractivity contribution in [2.45, 2.75) is 38.1 Å². The van der Waals surface area contributed by atoms with Gasteiger partial charge in [0.25, 0.3) is 0 Å². The van der Waals surface area contributed by atoms with Crippen molar-refractivity contribution in [1.29, 1.82) is 0 Å². The SMILES string of the molecule is CNc1nc(-c2cccnc2)nc2ccc(-c3cccc(OCCNC4CCCCC4)c3)cc12. The van der Waals surface area contributed by atoms with Crippen LogP contribution in [0, 0.1) is 0 Å². The van der Waals surface area contributed by atoms with Crippen LogP contribution in [0.25, 0.3) is 33.4 Å². The fraction of sp³-hybridized carbons (Fsp3) is 0.321. The lowest BCUT2D eigenvalue weighted by Crippen LogP contribution is -2.34. The van der Waals surface area contributed by atoms with E-state index in [1.54, 1.807) is 12.4 Å². The van der Waals surface area contributed by atoms with Crippen LogP contribution in [0.4, 0.5) is 5.82 Å². The molecule has 0 amide bonds. The first-order valence-corrected chi connectivity index (χ1v) is 12.2. The number of nitrogens with zero attached hydrogens (tertiary/aromatic N) is 3. The van der Waals surface area contributed by atoms with Crippen LogP contribution < -0.4 is 15.4 Å². The summed E-state index contributed by atoms with van der Waals surface area (Å²) < 4.78 is 6.05. The van der Waals surface area contributed by atoms with Gasteiger partial charge in [-0.2, -0.15) is 0 Å². The molecular weight excluding hydrogens is 422 g/mol. The standard InChI is InChI=1S/C28H31N5O/c1-29-28-25-18-21(12-13-26(25)32-27(33-28)22-8-6-14-30-19-22)20-7-5-11-24(17-20)34-16-15-31-23-9-3-2-4-10-23/h5-8,11-14,17-19,23,31H,2-4,9-10,15-16H2,1H3,(H,29,32,33). The molecule has 0 aliphatic heterocycles. The molecule has 1 fully saturated rings. The first-order valence-electron chi connectivity index (χ1n) is 12.2. The van der Waals surface area contributed by atoms with Crippen LogP contribution in [-0.2, 0) is 0 Å². The van der Waals surface area contributed by atoms with Gasteiger partial charge in [0, 0.05) is 43.0 Å². The predicted molar refractivity (Wildman–Crippen MR) is 138 cm³/mol. The number of rotatable bonds is 8. The second kappa shape index (κ2) is 10.6. The second-order valence-electron chi connectivity index (χ2n) is 8.78. The maximum Gasteiger partial charge on any atom is 0.163 e. The summed E-state index contributed by atoms with van der Waals surface area (Å²) in [5.41, 5.74) is 4.00. The fourth-order valence-electron chi connectivity index (χ4n) is 4.63. The average Bonchev–Trinajstić information content (AvgIpc) is 2.91. The van der Waals surface area contributed by atoms with Crippen LogP contribution >= 0.6 is 0 Å². The van der Waals surface area contributed by atoms with Crippen molar-refractivity contribution in [1.82, 2.24) is 20.3 Å². The van der Waals surface area contributed by atoms with Gasteiger partial charge < -0.3 is 15.4 Å². The number of benzene rings is 2. The maximum absolute atomic E-state index is 6.05. The highest BCUT2D eigenvalue weighted by Gasteiger charge is 2.13. The molecule has 2 heterocycles. The summed E-state index contributed by atoms with van der Waals surface area (Å²) in [5.74, 6) is 2.35. The first-order chi connectivity index (χ1) is 16.8. The Morgan fingerprint density at radius 2 is 1.76 bits per heavy atom. The van der Waals surface area contributed by atoms with Gasteiger partial charge in [0.15, 0.2) is 5.82 Å². The van der Waals surface area contributed by atoms with Crippen LogP contribution in [-0.4, -0.2) is 41.2 Å². The Morgan fingerprint density at radius 1 is 0.912 bits per heavy atom. The molecule has 34 heavy (non-hydrogen) atoms.